The van der Waals surface area contributed by atoms with Gasteiger partial charge in [-0.3, -0.25) is 4.79 Å². The Labute approximate surface area is 106 Å². The van der Waals surface area contributed by atoms with Crippen LogP contribution < -0.4 is 0 Å². The summed E-state index contributed by atoms with van der Waals surface area (Å²) in [6, 6.07) is 0. The van der Waals surface area contributed by atoms with Gasteiger partial charge in [0.1, 0.15) is 0 Å². The molecule has 0 aromatic rings. The summed E-state index contributed by atoms with van der Waals surface area (Å²) < 4.78 is 4.97. The molecular weight excluding hydrogens is 212 g/mol. The average Bonchev–Trinajstić information content (AvgIpc) is 2.26. The first-order valence-corrected chi connectivity index (χ1v) is 7.09. The van der Waals surface area contributed by atoms with Crippen molar-refractivity contribution in [1.29, 1.82) is 0 Å². The lowest BCUT2D eigenvalue weighted by atomic mass is 9.69. The predicted octanol–water partition coefficient (Wildman–Crippen LogP) is 4.18. The third kappa shape index (κ3) is 5.10. The molecule has 2 heteroatoms. The van der Waals surface area contributed by atoms with Crippen LogP contribution in [-0.2, 0) is 9.53 Å². The molecule has 1 rings (SSSR count). The molecule has 100 valence electrons. The SMILES string of the molecule is CCOC(=O)CC[C@H]1CC[C@H](C(C)(C)C)CC1. The van der Waals surface area contributed by atoms with E-state index in [0.29, 0.717) is 18.4 Å². The van der Waals surface area contributed by atoms with Crippen LogP contribution in [0.2, 0.25) is 0 Å². The van der Waals surface area contributed by atoms with Crippen LogP contribution in [-0.4, -0.2) is 12.6 Å². The number of rotatable bonds is 4. The Bertz CT molecular complexity index is 232. The van der Waals surface area contributed by atoms with Crippen molar-refractivity contribution in [1.82, 2.24) is 0 Å². The van der Waals surface area contributed by atoms with Crippen molar-refractivity contribution < 1.29 is 9.53 Å². The highest BCUT2D eigenvalue weighted by molar-refractivity contribution is 5.69. The van der Waals surface area contributed by atoms with E-state index in [2.05, 4.69) is 20.8 Å². The quantitative estimate of drug-likeness (QED) is 0.689. The molecule has 0 N–H and O–H groups in total. The first-order valence-electron chi connectivity index (χ1n) is 7.09. The van der Waals surface area contributed by atoms with Crippen LogP contribution in [0.5, 0.6) is 0 Å². The first kappa shape index (κ1) is 14.5. The minimum Gasteiger partial charge on any atom is -0.466 e. The fraction of sp³-hybridized carbons (Fsp3) is 0.933. The molecule has 0 saturated heterocycles. The zero-order chi connectivity index (χ0) is 12.9. The molecule has 17 heavy (non-hydrogen) atoms. The molecule has 1 aliphatic carbocycles. The van der Waals surface area contributed by atoms with E-state index in [1.807, 2.05) is 6.92 Å². The molecule has 2 nitrogen and oxygen atoms in total. The molecule has 0 spiro atoms. The Balaban J connectivity index is 2.21. The van der Waals surface area contributed by atoms with E-state index < -0.39 is 0 Å². The van der Waals surface area contributed by atoms with Crippen molar-refractivity contribution in [2.75, 3.05) is 6.61 Å². The maximum atomic E-state index is 11.3. The van der Waals surface area contributed by atoms with Crippen molar-refractivity contribution in [3.63, 3.8) is 0 Å². The number of carbonyl (C=O) groups excluding carboxylic acids is 1. The summed E-state index contributed by atoms with van der Waals surface area (Å²) in [5.41, 5.74) is 0.451. The third-order valence-electron chi connectivity index (χ3n) is 4.13. The van der Waals surface area contributed by atoms with Gasteiger partial charge >= 0.3 is 5.97 Å². The third-order valence-corrected chi connectivity index (χ3v) is 4.13. The van der Waals surface area contributed by atoms with Crippen LogP contribution in [0.25, 0.3) is 0 Å². The van der Waals surface area contributed by atoms with Crippen LogP contribution in [0, 0.1) is 17.3 Å². The molecule has 0 aliphatic heterocycles. The second-order valence-electron chi connectivity index (χ2n) is 6.43. The lowest BCUT2D eigenvalue weighted by Gasteiger charge is -2.37. The monoisotopic (exact) mass is 240 g/mol. The van der Waals surface area contributed by atoms with Crippen molar-refractivity contribution in [3.8, 4) is 0 Å². The van der Waals surface area contributed by atoms with E-state index in [1.165, 1.54) is 25.7 Å². The second kappa shape index (κ2) is 6.42. The molecule has 1 aliphatic rings. The average molecular weight is 240 g/mol. The van der Waals surface area contributed by atoms with Gasteiger partial charge in [0, 0.05) is 6.42 Å². The standard InChI is InChI=1S/C15H28O2/c1-5-17-14(16)11-8-12-6-9-13(10-7-12)15(2,3)4/h12-13H,5-11H2,1-4H3/t12-,13-. The van der Waals surface area contributed by atoms with Crippen molar-refractivity contribution in [3.05, 3.63) is 0 Å². The maximum Gasteiger partial charge on any atom is 0.305 e. The smallest absolute Gasteiger partial charge is 0.305 e. The largest absolute Gasteiger partial charge is 0.466 e. The Kier molecular flexibility index (Phi) is 5.48. The summed E-state index contributed by atoms with van der Waals surface area (Å²) in [6.45, 7) is 9.41. The lowest BCUT2D eigenvalue weighted by molar-refractivity contribution is -0.143. The number of carbonyl (C=O) groups is 1. The summed E-state index contributed by atoms with van der Waals surface area (Å²) in [4.78, 5) is 11.3. The fourth-order valence-corrected chi connectivity index (χ4v) is 2.87. The molecule has 0 bridgehead atoms. The van der Waals surface area contributed by atoms with Gasteiger partial charge < -0.3 is 4.74 Å². The summed E-state index contributed by atoms with van der Waals surface area (Å²) in [7, 11) is 0. The summed E-state index contributed by atoms with van der Waals surface area (Å²) >= 11 is 0. The molecule has 0 aromatic carbocycles. The van der Waals surface area contributed by atoms with Gasteiger partial charge in [0.25, 0.3) is 0 Å². The Morgan fingerprint density at radius 1 is 1.18 bits per heavy atom. The van der Waals surface area contributed by atoms with Crippen LogP contribution in [0.1, 0.15) is 66.2 Å². The van der Waals surface area contributed by atoms with Crippen LogP contribution in [0.3, 0.4) is 0 Å². The van der Waals surface area contributed by atoms with E-state index in [1.54, 1.807) is 0 Å². The number of ether oxygens (including phenoxy) is 1. The van der Waals surface area contributed by atoms with Gasteiger partial charge in [-0.15, -0.1) is 0 Å². The molecule has 0 unspecified atom stereocenters. The Morgan fingerprint density at radius 3 is 2.24 bits per heavy atom. The van der Waals surface area contributed by atoms with E-state index in [4.69, 9.17) is 4.74 Å². The highest BCUT2D eigenvalue weighted by Gasteiger charge is 2.29. The molecule has 0 amide bonds. The van der Waals surface area contributed by atoms with Gasteiger partial charge in [-0.2, -0.15) is 0 Å². The summed E-state index contributed by atoms with van der Waals surface area (Å²) in [5, 5.41) is 0. The van der Waals surface area contributed by atoms with Crippen LogP contribution in [0.15, 0.2) is 0 Å². The van der Waals surface area contributed by atoms with Gasteiger partial charge in [-0.05, 0) is 43.4 Å². The summed E-state index contributed by atoms with van der Waals surface area (Å²) in [6.07, 6.45) is 6.88. The maximum absolute atomic E-state index is 11.3. The Morgan fingerprint density at radius 2 is 1.76 bits per heavy atom. The molecule has 0 atom stereocenters. The predicted molar refractivity (Wildman–Crippen MR) is 70.8 cm³/mol. The van der Waals surface area contributed by atoms with Gasteiger partial charge in [0.15, 0.2) is 0 Å². The van der Waals surface area contributed by atoms with Gasteiger partial charge in [0.2, 0.25) is 0 Å². The van der Waals surface area contributed by atoms with Gasteiger partial charge in [0.05, 0.1) is 6.61 Å². The molecule has 1 saturated carbocycles. The Hall–Kier alpha value is -0.530. The van der Waals surface area contributed by atoms with Crippen LogP contribution >= 0.6 is 0 Å². The molecule has 0 heterocycles. The van der Waals surface area contributed by atoms with E-state index in [9.17, 15) is 4.79 Å². The van der Waals surface area contributed by atoms with Crippen molar-refractivity contribution in [2.45, 2.75) is 66.2 Å². The topological polar surface area (TPSA) is 26.3 Å². The molecule has 0 radical (unpaired) electrons. The van der Waals surface area contributed by atoms with Gasteiger partial charge in [-0.25, -0.2) is 0 Å². The molecular formula is C15H28O2. The summed E-state index contributed by atoms with van der Waals surface area (Å²) in [5.74, 6) is 1.59. The minimum absolute atomic E-state index is 0.0227. The number of hydrogen-bond acceptors (Lipinski definition) is 2. The highest BCUT2D eigenvalue weighted by atomic mass is 16.5. The van der Waals surface area contributed by atoms with Crippen molar-refractivity contribution >= 4 is 5.97 Å². The highest BCUT2D eigenvalue weighted by Crippen LogP contribution is 2.40. The number of hydrogen-bond donors (Lipinski definition) is 0. The van der Waals surface area contributed by atoms with Crippen LogP contribution in [0.4, 0.5) is 0 Å². The normalized spacial score (nSPS) is 25.6. The van der Waals surface area contributed by atoms with E-state index in [-0.39, 0.29) is 5.97 Å². The van der Waals surface area contributed by atoms with Crippen molar-refractivity contribution in [2.24, 2.45) is 17.3 Å². The minimum atomic E-state index is -0.0227. The van der Waals surface area contributed by atoms with E-state index >= 15 is 0 Å². The first-order chi connectivity index (χ1) is 7.93. The molecule has 1 fully saturated rings. The van der Waals surface area contributed by atoms with E-state index in [0.717, 1.165) is 18.3 Å². The zero-order valence-electron chi connectivity index (χ0n) is 11.9. The second-order valence-corrected chi connectivity index (χ2v) is 6.43. The lowest BCUT2D eigenvalue weighted by Crippen LogP contribution is -2.26. The fourth-order valence-electron chi connectivity index (χ4n) is 2.87. The zero-order valence-corrected chi connectivity index (χ0v) is 11.9. The van der Waals surface area contributed by atoms with Gasteiger partial charge in [-0.1, -0.05) is 33.6 Å². The molecule has 0 aromatic heterocycles. The number of esters is 1.